The maximum absolute atomic E-state index is 11.2. The van der Waals surface area contributed by atoms with Gasteiger partial charge in [-0.15, -0.1) is 0 Å². The molecule has 0 rings (SSSR count). The number of carbonyl (C=O) groups excluding carboxylic acids is 1. The fraction of sp³-hybridized carbons (Fsp3) is 0.929. The zero-order chi connectivity index (χ0) is 15.3. The lowest BCUT2D eigenvalue weighted by Crippen LogP contribution is -2.57. The van der Waals surface area contributed by atoms with E-state index in [1.54, 1.807) is 0 Å². The predicted molar refractivity (Wildman–Crippen MR) is 78.0 cm³/mol. The molecule has 120 valence electrons. The number of urea groups is 1. The van der Waals surface area contributed by atoms with Crippen LogP contribution >= 0.6 is 0 Å². The first-order valence-electron chi connectivity index (χ1n) is 7.59. The van der Waals surface area contributed by atoms with Crippen LogP contribution in [0.15, 0.2) is 0 Å². The second-order valence-electron chi connectivity index (χ2n) is 4.65. The van der Waals surface area contributed by atoms with Crippen molar-refractivity contribution in [3.8, 4) is 0 Å². The minimum atomic E-state index is -1.55. The molecule has 0 saturated heterocycles. The van der Waals surface area contributed by atoms with Crippen molar-refractivity contribution in [2.24, 2.45) is 5.73 Å². The Labute approximate surface area is 122 Å². The average molecular weight is 290 g/mol. The van der Waals surface area contributed by atoms with E-state index >= 15 is 0 Å². The molecule has 0 aromatic carbocycles. The number of nitrogens with two attached hydrogens (primary N) is 1. The van der Waals surface area contributed by atoms with Gasteiger partial charge in [0.05, 0.1) is 19.8 Å². The lowest BCUT2D eigenvalue weighted by molar-refractivity contribution is -0.391. The number of amides is 2. The molecule has 0 spiro atoms. The van der Waals surface area contributed by atoms with Crippen molar-refractivity contribution >= 4 is 6.03 Å². The second-order valence-corrected chi connectivity index (χ2v) is 4.65. The Morgan fingerprint density at radius 3 is 1.50 bits per heavy atom. The van der Waals surface area contributed by atoms with E-state index in [0.717, 1.165) is 38.5 Å². The SMILES string of the molecule is CCCCOC(NC(N)=O)(OCCCC)OCCCC. The molecular weight excluding hydrogens is 260 g/mol. The molecule has 6 nitrogen and oxygen atoms in total. The molecule has 0 radical (unpaired) electrons. The Balaban J connectivity index is 4.61. The maximum Gasteiger partial charge on any atom is 0.378 e. The number of hydrogen-bond acceptors (Lipinski definition) is 4. The van der Waals surface area contributed by atoms with E-state index in [-0.39, 0.29) is 0 Å². The van der Waals surface area contributed by atoms with E-state index < -0.39 is 12.1 Å². The zero-order valence-electron chi connectivity index (χ0n) is 13.1. The summed E-state index contributed by atoms with van der Waals surface area (Å²) in [6.07, 6.45) is 3.97. The maximum atomic E-state index is 11.2. The smallest absolute Gasteiger partial charge is 0.351 e. The molecule has 0 aromatic heterocycles. The zero-order valence-corrected chi connectivity index (χ0v) is 13.1. The van der Waals surface area contributed by atoms with Crippen LogP contribution in [-0.2, 0) is 14.2 Å². The van der Waals surface area contributed by atoms with Crippen molar-refractivity contribution < 1.29 is 19.0 Å². The first-order valence-corrected chi connectivity index (χ1v) is 7.59. The molecule has 0 aliphatic heterocycles. The number of carbonyl (C=O) groups is 1. The van der Waals surface area contributed by atoms with Crippen LogP contribution in [0.25, 0.3) is 0 Å². The van der Waals surface area contributed by atoms with Gasteiger partial charge in [0.1, 0.15) is 0 Å². The van der Waals surface area contributed by atoms with E-state index in [4.69, 9.17) is 19.9 Å². The Bertz CT molecular complexity index is 223. The van der Waals surface area contributed by atoms with Crippen molar-refractivity contribution in [1.29, 1.82) is 0 Å². The van der Waals surface area contributed by atoms with Crippen LogP contribution in [0.1, 0.15) is 59.3 Å². The van der Waals surface area contributed by atoms with E-state index in [0.29, 0.717) is 19.8 Å². The monoisotopic (exact) mass is 290 g/mol. The van der Waals surface area contributed by atoms with E-state index in [1.165, 1.54) is 0 Å². The van der Waals surface area contributed by atoms with Crippen LogP contribution in [0.3, 0.4) is 0 Å². The molecule has 0 aliphatic rings. The fourth-order valence-electron chi connectivity index (χ4n) is 1.44. The van der Waals surface area contributed by atoms with Crippen LogP contribution in [0.5, 0.6) is 0 Å². The van der Waals surface area contributed by atoms with Crippen molar-refractivity contribution in [3.63, 3.8) is 0 Å². The summed E-state index contributed by atoms with van der Waals surface area (Å²) in [4.78, 5) is 11.2. The van der Waals surface area contributed by atoms with Crippen LogP contribution < -0.4 is 11.1 Å². The molecule has 0 saturated carbocycles. The quantitative estimate of drug-likeness (QED) is 0.403. The number of rotatable bonds is 13. The first-order chi connectivity index (χ1) is 9.60. The van der Waals surface area contributed by atoms with Gasteiger partial charge in [-0.3, -0.25) is 5.32 Å². The number of primary amides is 1. The Morgan fingerprint density at radius 2 is 1.25 bits per heavy atom. The average Bonchev–Trinajstić information content (AvgIpc) is 2.39. The highest BCUT2D eigenvalue weighted by molar-refractivity contribution is 5.71. The molecule has 3 N–H and O–H groups in total. The Kier molecular flexibility index (Phi) is 11.4. The van der Waals surface area contributed by atoms with Gasteiger partial charge >= 0.3 is 12.1 Å². The topological polar surface area (TPSA) is 82.8 Å². The summed E-state index contributed by atoms with van der Waals surface area (Å²) in [6, 6.07) is -0.727. The first kappa shape index (κ1) is 19.1. The largest absolute Gasteiger partial charge is 0.378 e. The highest BCUT2D eigenvalue weighted by Crippen LogP contribution is 2.15. The molecule has 0 unspecified atom stereocenters. The van der Waals surface area contributed by atoms with Gasteiger partial charge < -0.3 is 19.9 Å². The third kappa shape index (κ3) is 9.12. The second kappa shape index (κ2) is 11.9. The van der Waals surface area contributed by atoms with Gasteiger partial charge in [0.25, 0.3) is 0 Å². The number of nitrogens with one attached hydrogen (secondary N) is 1. The highest BCUT2D eigenvalue weighted by atomic mass is 16.9. The van der Waals surface area contributed by atoms with Gasteiger partial charge in [0, 0.05) is 0 Å². The van der Waals surface area contributed by atoms with Crippen LogP contribution in [0.2, 0.25) is 0 Å². The van der Waals surface area contributed by atoms with Gasteiger partial charge in [-0.2, -0.15) is 0 Å². The molecule has 6 heteroatoms. The van der Waals surface area contributed by atoms with E-state index in [9.17, 15) is 4.79 Å². The minimum absolute atomic E-state index is 0.440. The normalized spacial score (nSPS) is 11.6. The highest BCUT2D eigenvalue weighted by Gasteiger charge is 2.35. The van der Waals surface area contributed by atoms with E-state index in [2.05, 4.69) is 26.1 Å². The molecule has 0 aliphatic carbocycles. The van der Waals surface area contributed by atoms with Gasteiger partial charge in [0.15, 0.2) is 0 Å². The van der Waals surface area contributed by atoms with Crippen LogP contribution in [0, 0.1) is 0 Å². The molecule has 0 heterocycles. The van der Waals surface area contributed by atoms with Gasteiger partial charge in [-0.1, -0.05) is 40.0 Å². The van der Waals surface area contributed by atoms with Crippen molar-refractivity contribution in [1.82, 2.24) is 5.32 Å². The molecular formula is C14H30N2O4. The number of unbranched alkanes of at least 4 members (excludes halogenated alkanes) is 3. The predicted octanol–water partition coefficient (Wildman–Crippen LogP) is 2.72. The summed E-state index contributed by atoms with van der Waals surface area (Å²) in [5.41, 5.74) is 5.20. The summed E-state index contributed by atoms with van der Waals surface area (Å²) in [7, 11) is 0. The summed E-state index contributed by atoms with van der Waals surface area (Å²) in [5.74, 6) is 0. The van der Waals surface area contributed by atoms with Crippen LogP contribution in [0.4, 0.5) is 4.79 Å². The van der Waals surface area contributed by atoms with Crippen molar-refractivity contribution in [3.05, 3.63) is 0 Å². The third-order valence-corrected chi connectivity index (χ3v) is 2.65. The molecule has 0 aromatic rings. The Morgan fingerprint density at radius 1 is 0.900 bits per heavy atom. The van der Waals surface area contributed by atoms with Gasteiger partial charge in [-0.25, -0.2) is 4.79 Å². The number of hydrogen-bond donors (Lipinski definition) is 2. The van der Waals surface area contributed by atoms with Crippen molar-refractivity contribution in [2.75, 3.05) is 19.8 Å². The lowest BCUT2D eigenvalue weighted by atomic mass is 10.3. The summed E-state index contributed by atoms with van der Waals surface area (Å²) in [5, 5.41) is 2.44. The van der Waals surface area contributed by atoms with Gasteiger partial charge in [-0.05, 0) is 19.3 Å². The molecule has 2 amide bonds. The Hall–Kier alpha value is -0.850. The standard InChI is InChI=1S/C14H30N2O4/c1-4-7-10-18-14(16-13(15)17,19-11-8-5-2)20-12-9-6-3/h4-12H2,1-3H3,(H3,15,16,17). The molecule has 20 heavy (non-hydrogen) atoms. The van der Waals surface area contributed by atoms with Gasteiger partial charge in [0.2, 0.25) is 0 Å². The summed E-state index contributed by atoms with van der Waals surface area (Å²) >= 11 is 0. The fourth-order valence-corrected chi connectivity index (χ4v) is 1.44. The summed E-state index contributed by atoms with van der Waals surface area (Å²) in [6.45, 7) is 7.49. The van der Waals surface area contributed by atoms with Crippen LogP contribution in [-0.4, -0.2) is 31.9 Å². The molecule has 0 atom stereocenters. The molecule has 0 fully saturated rings. The third-order valence-electron chi connectivity index (χ3n) is 2.65. The van der Waals surface area contributed by atoms with E-state index in [1.807, 2.05) is 0 Å². The minimum Gasteiger partial charge on any atom is -0.351 e. The summed E-state index contributed by atoms with van der Waals surface area (Å²) < 4.78 is 16.9. The number of ether oxygens (including phenoxy) is 3. The van der Waals surface area contributed by atoms with Crippen molar-refractivity contribution in [2.45, 2.75) is 65.4 Å². The lowest BCUT2D eigenvalue weighted by Gasteiger charge is -2.32. The molecule has 0 bridgehead atoms.